The lowest BCUT2D eigenvalue weighted by atomic mass is 9.96. The Balaban J connectivity index is 1.64. The van der Waals surface area contributed by atoms with Crippen molar-refractivity contribution in [2.75, 3.05) is 32.1 Å². The number of carbonyl (C=O) groups is 1. The number of ether oxygens (including phenoxy) is 2. The summed E-state index contributed by atoms with van der Waals surface area (Å²) < 4.78 is 34.5. The lowest BCUT2D eigenvalue weighted by molar-refractivity contribution is -0.135. The van der Waals surface area contributed by atoms with Crippen LogP contribution in [0, 0.1) is 5.92 Å². The molecule has 1 atom stereocenters. The largest absolute Gasteiger partial charge is 0.493 e. The fraction of sp³-hybridized carbons (Fsp3) is 0.450. The summed E-state index contributed by atoms with van der Waals surface area (Å²) in [6.45, 7) is -1.16. The van der Waals surface area contributed by atoms with Crippen molar-refractivity contribution < 1.29 is 23.0 Å². The van der Waals surface area contributed by atoms with E-state index < -0.39 is 6.61 Å². The molecule has 1 saturated heterocycles. The second-order valence-electron chi connectivity index (χ2n) is 6.91. The molecule has 29 heavy (non-hydrogen) atoms. The van der Waals surface area contributed by atoms with Crippen molar-refractivity contribution in [1.82, 2.24) is 14.9 Å². The molecule has 0 N–H and O–H groups in total. The van der Waals surface area contributed by atoms with Crippen LogP contribution in [-0.4, -0.2) is 54.6 Å². The van der Waals surface area contributed by atoms with Crippen molar-refractivity contribution in [3.05, 3.63) is 42.4 Å². The fourth-order valence-electron chi connectivity index (χ4n) is 3.51. The smallest absolute Gasteiger partial charge is 0.387 e. The molecule has 7 nitrogen and oxygen atoms in total. The molecule has 3 rings (SSSR count). The van der Waals surface area contributed by atoms with Crippen LogP contribution in [0.2, 0.25) is 0 Å². The normalized spacial score (nSPS) is 16.6. The number of halogens is 2. The summed E-state index contributed by atoms with van der Waals surface area (Å²) in [4.78, 5) is 25.1. The molecule has 1 amide bonds. The van der Waals surface area contributed by atoms with Crippen LogP contribution in [0.1, 0.15) is 18.4 Å². The third-order valence-corrected chi connectivity index (χ3v) is 4.88. The summed E-state index contributed by atoms with van der Waals surface area (Å²) in [5.41, 5.74) is 0.765. The minimum absolute atomic E-state index is 0.0328. The van der Waals surface area contributed by atoms with Crippen molar-refractivity contribution in [2.24, 2.45) is 5.92 Å². The molecular formula is C20H24F2N4O3. The summed E-state index contributed by atoms with van der Waals surface area (Å²) in [7, 11) is 3.12. The first kappa shape index (κ1) is 20.8. The number of amides is 1. The van der Waals surface area contributed by atoms with E-state index in [-0.39, 0.29) is 23.3 Å². The van der Waals surface area contributed by atoms with E-state index in [4.69, 9.17) is 4.74 Å². The van der Waals surface area contributed by atoms with Gasteiger partial charge in [0.05, 0.1) is 19.2 Å². The minimum atomic E-state index is -2.93. The van der Waals surface area contributed by atoms with E-state index >= 15 is 0 Å². The Morgan fingerprint density at radius 1 is 1.34 bits per heavy atom. The van der Waals surface area contributed by atoms with Gasteiger partial charge in [0.25, 0.3) is 0 Å². The molecule has 2 heterocycles. The van der Waals surface area contributed by atoms with Gasteiger partial charge in [-0.15, -0.1) is 0 Å². The second-order valence-corrected chi connectivity index (χ2v) is 6.91. The summed E-state index contributed by atoms with van der Waals surface area (Å²) in [6.07, 6.45) is 6.67. The second kappa shape index (κ2) is 9.49. The zero-order valence-electron chi connectivity index (χ0n) is 16.4. The molecule has 9 heteroatoms. The number of alkyl halides is 2. The standard InChI is InChI=1S/C20H24F2N4O3/c1-25(12-14-5-6-16(29-20(21)22)17(10-14)28-2)19(27)15-4-3-9-26(13-15)18-11-23-7-8-24-18/h5-8,10-11,15,20H,3-4,9,12-13H2,1-2H3. The topological polar surface area (TPSA) is 67.8 Å². The molecule has 1 aromatic heterocycles. The van der Waals surface area contributed by atoms with Crippen LogP contribution in [0.5, 0.6) is 11.5 Å². The van der Waals surface area contributed by atoms with E-state index in [0.717, 1.165) is 30.8 Å². The Hall–Kier alpha value is -2.97. The summed E-state index contributed by atoms with van der Waals surface area (Å²) >= 11 is 0. The average Bonchev–Trinajstić information content (AvgIpc) is 2.74. The molecule has 0 spiro atoms. The van der Waals surface area contributed by atoms with Crippen LogP contribution >= 0.6 is 0 Å². The van der Waals surface area contributed by atoms with Gasteiger partial charge < -0.3 is 19.3 Å². The zero-order chi connectivity index (χ0) is 20.8. The minimum Gasteiger partial charge on any atom is -0.493 e. The molecule has 0 radical (unpaired) electrons. The number of benzene rings is 1. The Bertz CT molecular complexity index is 823. The van der Waals surface area contributed by atoms with Gasteiger partial charge in [0, 0.05) is 39.1 Å². The number of hydrogen-bond donors (Lipinski definition) is 0. The highest BCUT2D eigenvalue weighted by atomic mass is 19.3. The molecule has 1 aromatic carbocycles. The van der Waals surface area contributed by atoms with Gasteiger partial charge in [-0.25, -0.2) is 4.98 Å². The quantitative estimate of drug-likeness (QED) is 0.704. The van der Waals surface area contributed by atoms with E-state index in [2.05, 4.69) is 19.6 Å². The molecule has 1 fully saturated rings. The predicted molar refractivity (Wildman–Crippen MR) is 103 cm³/mol. The number of nitrogens with zero attached hydrogens (tertiary/aromatic N) is 4. The van der Waals surface area contributed by atoms with Gasteiger partial charge in [-0.05, 0) is 30.5 Å². The van der Waals surface area contributed by atoms with Gasteiger partial charge in [-0.2, -0.15) is 8.78 Å². The number of methoxy groups -OCH3 is 1. The Morgan fingerprint density at radius 2 is 2.17 bits per heavy atom. The Morgan fingerprint density at radius 3 is 2.86 bits per heavy atom. The van der Waals surface area contributed by atoms with E-state index in [1.807, 2.05) is 0 Å². The van der Waals surface area contributed by atoms with Crippen LogP contribution < -0.4 is 14.4 Å². The summed E-state index contributed by atoms with van der Waals surface area (Å²) in [6, 6.07) is 4.68. The zero-order valence-corrected chi connectivity index (χ0v) is 16.4. The summed E-state index contributed by atoms with van der Waals surface area (Å²) in [5, 5.41) is 0. The maximum absolute atomic E-state index is 13.0. The lowest BCUT2D eigenvalue weighted by Crippen LogP contribution is -2.43. The van der Waals surface area contributed by atoms with Crippen LogP contribution in [0.25, 0.3) is 0 Å². The Labute approximate surface area is 168 Å². The monoisotopic (exact) mass is 406 g/mol. The van der Waals surface area contributed by atoms with E-state index in [9.17, 15) is 13.6 Å². The number of rotatable bonds is 7. The van der Waals surface area contributed by atoms with Crippen molar-refractivity contribution in [2.45, 2.75) is 26.0 Å². The van der Waals surface area contributed by atoms with Crippen LogP contribution in [-0.2, 0) is 11.3 Å². The predicted octanol–water partition coefficient (Wildman–Crippen LogP) is 2.96. The first-order valence-electron chi connectivity index (χ1n) is 9.35. The van der Waals surface area contributed by atoms with E-state index in [1.165, 1.54) is 13.2 Å². The van der Waals surface area contributed by atoms with Gasteiger partial charge >= 0.3 is 6.61 Å². The maximum atomic E-state index is 13.0. The van der Waals surface area contributed by atoms with Crippen molar-refractivity contribution in [3.63, 3.8) is 0 Å². The molecular weight excluding hydrogens is 382 g/mol. The molecule has 2 aromatic rings. The summed E-state index contributed by atoms with van der Waals surface area (Å²) in [5.74, 6) is 0.832. The molecule has 156 valence electrons. The van der Waals surface area contributed by atoms with Gasteiger partial charge in [0.2, 0.25) is 5.91 Å². The fourth-order valence-corrected chi connectivity index (χ4v) is 3.51. The SMILES string of the molecule is COc1cc(CN(C)C(=O)C2CCCN(c3cnccn3)C2)ccc1OC(F)F. The van der Waals surface area contributed by atoms with Gasteiger partial charge in [-0.1, -0.05) is 6.07 Å². The highest BCUT2D eigenvalue weighted by molar-refractivity contribution is 5.79. The first-order valence-corrected chi connectivity index (χ1v) is 9.35. The number of anilines is 1. The third kappa shape index (κ3) is 5.30. The average molecular weight is 406 g/mol. The molecule has 0 bridgehead atoms. The van der Waals surface area contributed by atoms with Gasteiger partial charge in [-0.3, -0.25) is 9.78 Å². The number of piperidine rings is 1. The van der Waals surface area contributed by atoms with E-state index in [0.29, 0.717) is 13.1 Å². The molecule has 1 aliphatic rings. The molecule has 0 aliphatic carbocycles. The first-order chi connectivity index (χ1) is 14.0. The van der Waals surface area contributed by atoms with Crippen molar-refractivity contribution >= 4 is 11.7 Å². The van der Waals surface area contributed by atoms with E-state index in [1.54, 1.807) is 42.7 Å². The number of hydrogen-bond acceptors (Lipinski definition) is 6. The molecule has 1 unspecified atom stereocenters. The van der Waals surface area contributed by atoms with Crippen molar-refractivity contribution in [1.29, 1.82) is 0 Å². The van der Waals surface area contributed by atoms with Gasteiger partial charge in [0.15, 0.2) is 11.5 Å². The molecule has 0 saturated carbocycles. The molecule has 1 aliphatic heterocycles. The lowest BCUT2D eigenvalue weighted by Gasteiger charge is -2.34. The maximum Gasteiger partial charge on any atom is 0.387 e. The van der Waals surface area contributed by atoms with Crippen LogP contribution in [0.4, 0.5) is 14.6 Å². The highest BCUT2D eigenvalue weighted by Gasteiger charge is 2.28. The highest BCUT2D eigenvalue weighted by Crippen LogP contribution is 2.30. The number of aromatic nitrogens is 2. The number of carbonyl (C=O) groups excluding carboxylic acids is 1. The van der Waals surface area contributed by atoms with Gasteiger partial charge in [0.1, 0.15) is 5.82 Å². The van der Waals surface area contributed by atoms with Crippen LogP contribution in [0.15, 0.2) is 36.8 Å². The van der Waals surface area contributed by atoms with Crippen molar-refractivity contribution in [3.8, 4) is 11.5 Å². The Kier molecular flexibility index (Phi) is 6.79. The van der Waals surface area contributed by atoms with Crippen LogP contribution in [0.3, 0.4) is 0 Å². The third-order valence-electron chi connectivity index (χ3n) is 4.88.